The quantitative estimate of drug-likeness (QED) is 0.151. The van der Waals surface area contributed by atoms with E-state index in [4.69, 9.17) is 0 Å². The van der Waals surface area contributed by atoms with Crippen molar-refractivity contribution in [3.63, 3.8) is 0 Å². The second-order valence-electron chi connectivity index (χ2n) is 15.9. The first kappa shape index (κ1) is 36.8. The second-order valence-corrected chi connectivity index (χ2v) is 46.3. The van der Waals surface area contributed by atoms with Gasteiger partial charge in [0.2, 0.25) is 0 Å². The molecule has 0 aliphatic heterocycles. The van der Waals surface area contributed by atoms with Gasteiger partial charge in [-0.1, -0.05) is 0 Å². The van der Waals surface area contributed by atoms with Crippen LogP contribution in [0.2, 0.25) is 9.26 Å². The average Bonchev–Trinajstić information content (AvgIpc) is 3.61. The molecule has 2 aliphatic carbocycles. The predicted molar refractivity (Wildman–Crippen MR) is 217 cm³/mol. The maximum Gasteiger partial charge on any atom is -0.147 e. The third-order valence-electron chi connectivity index (χ3n) is 11.2. The Morgan fingerprint density at radius 1 is 0.604 bits per heavy atom. The molecule has 0 spiro atoms. The third kappa shape index (κ3) is 5.90. The minimum absolute atomic E-state index is 0. The van der Waals surface area contributed by atoms with Gasteiger partial charge in [0, 0.05) is 0 Å². The third-order valence-corrected chi connectivity index (χ3v) is 28.8. The summed E-state index contributed by atoms with van der Waals surface area (Å²) >= 11 is -3.72. The fourth-order valence-corrected chi connectivity index (χ4v) is 29.8. The minimum atomic E-state index is -3.72. The van der Waals surface area contributed by atoms with E-state index in [1.54, 1.807) is 22.3 Å². The van der Waals surface area contributed by atoms with E-state index in [1.807, 2.05) is 0 Å². The Labute approximate surface area is 303 Å². The van der Waals surface area contributed by atoms with Crippen molar-refractivity contribution < 1.29 is 17.4 Å². The molecular formula is C44H50Cl2SiZr. The average molecular weight is 769 g/mol. The minimum Gasteiger partial charge on any atom is -0.147 e. The molecule has 5 aromatic carbocycles. The first-order valence-corrected chi connectivity index (χ1v) is 30.9. The zero-order valence-electron chi connectivity index (χ0n) is 29.7. The van der Waals surface area contributed by atoms with E-state index in [2.05, 4.69) is 167 Å². The molecule has 248 valence electrons. The Morgan fingerprint density at radius 3 is 1.94 bits per heavy atom. The maximum atomic E-state index is 2.78. The molecule has 0 nitrogen and oxygen atoms in total. The number of rotatable bonds is 6. The Morgan fingerprint density at radius 2 is 1.25 bits per heavy atom. The van der Waals surface area contributed by atoms with E-state index in [0.717, 1.165) is 0 Å². The van der Waals surface area contributed by atoms with Crippen LogP contribution in [0.4, 0.5) is 0 Å². The van der Waals surface area contributed by atoms with E-state index in [0.29, 0.717) is 19.1 Å². The molecule has 0 N–H and O–H groups in total. The number of hydrogen-bond acceptors (Lipinski definition) is 0. The second kappa shape index (κ2) is 13.3. The van der Waals surface area contributed by atoms with Crippen molar-refractivity contribution in [2.45, 2.75) is 64.0 Å². The number of fused-ring (bicyclic) bond motifs is 3. The molecule has 0 saturated heterocycles. The van der Waals surface area contributed by atoms with Crippen LogP contribution in [0.25, 0.3) is 45.2 Å². The summed E-state index contributed by atoms with van der Waals surface area (Å²) in [5, 5.41) is 2.65. The van der Waals surface area contributed by atoms with Gasteiger partial charge in [-0.15, -0.1) is 24.8 Å². The molecule has 2 unspecified atom stereocenters. The Kier molecular flexibility index (Phi) is 10.2. The van der Waals surface area contributed by atoms with E-state index >= 15 is 0 Å². The Balaban J connectivity index is 0.00000225. The van der Waals surface area contributed by atoms with Crippen LogP contribution in [0.5, 0.6) is 0 Å². The van der Waals surface area contributed by atoms with Crippen LogP contribution in [0.1, 0.15) is 81.2 Å². The van der Waals surface area contributed by atoms with Crippen molar-refractivity contribution in [3.8, 4) is 22.3 Å². The summed E-state index contributed by atoms with van der Waals surface area (Å²) in [4.78, 5) is 0. The molecule has 5 aromatic rings. The van der Waals surface area contributed by atoms with Gasteiger partial charge in [-0.05, 0) is 0 Å². The van der Waals surface area contributed by atoms with Crippen molar-refractivity contribution >= 4 is 54.6 Å². The van der Waals surface area contributed by atoms with Gasteiger partial charge >= 0.3 is 281 Å². The zero-order chi connectivity index (χ0) is 32.6. The van der Waals surface area contributed by atoms with Crippen molar-refractivity contribution in [1.29, 1.82) is 0 Å². The zero-order valence-corrected chi connectivity index (χ0v) is 35.2. The fraction of sp³-hybridized carbons (Fsp3) is 0.273. The van der Waals surface area contributed by atoms with Crippen LogP contribution in [0.15, 0.2) is 108 Å². The van der Waals surface area contributed by atoms with Crippen molar-refractivity contribution in [1.82, 2.24) is 0 Å². The van der Waals surface area contributed by atoms with Gasteiger partial charge in [0.25, 0.3) is 0 Å². The molecular weight excluding hydrogens is 719 g/mol. The number of halogens is 2. The normalized spacial score (nSPS) is 17.1. The summed E-state index contributed by atoms with van der Waals surface area (Å²) < 4.78 is 6.56. The van der Waals surface area contributed by atoms with Crippen LogP contribution in [-0.2, 0) is 17.4 Å². The largest absolute Gasteiger partial charge is 0.147 e. The van der Waals surface area contributed by atoms with E-state index in [-0.39, 0.29) is 24.8 Å². The molecule has 4 heteroatoms. The summed E-state index contributed by atoms with van der Waals surface area (Å²) in [5.41, 5.74) is 17.6. The molecule has 2 aliphatic rings. The summed E-state index contributed by atoms with van der Waals surface area (Å²) in [6.45, 7) is 16.7. The summed E-state index contributed by atoms with van der Waals surface area (Å²) in [7, 11) is 0. The number of allylic oxidation sites excluding steroid dienone is 2. The number of aryl methyl sites for hydroxylation is 1. The SMILES string of the molecule is CC1=Cc2c(-c3ccc(C(C)C)cc3)ccc(C)c2[CH]1[Zr]([CH3])([CH3])(=[SiH2])[CH]1C(C(C)C)=Cc2c(-c3cccc4ccccc34)cccc21.Cl.Cl. The Hall–Kier alpha value is -2.48. The smallest absolute Gasteiger partial charge is 0.147 e. The van der Waals surface area contributed by atoms with E-state index in [1.165, 1.54) is 55.3 Å². The van der Waals surface area contributed by atoms with Crippen LogP contribution in [0, 0.1) is 12.8 Å². The van der Waals surface area contributed by atoms with Crippen molar-refractivity contribution in [3.05, 3.63) is 142 Å². The first-order valence-electron chi connectivity index (χ1n) is 17.2. The number of hydrogen-bond donors (Lipinski definition) is 0. The molecule has 0 aromatic heterocycles. The van der Waals surface area contributed by atoms with Gasteiger partial charge in [0.05, 0.1) is 0 Å². The summed E-state index contributed by atoms with van der Waals surface area (Å²) in [6, 6.07) is 36.9. The van der Waals surface area contributed by atoms with Gasteiger partial charge in [0.15, 0.2) is 0 Å². The van der Waals surface area contributed by atoms with Gasteiger partial charge < -0.3 is 0 Å². The number of benzene rings is 5. The molecule has 0 heterocycles. The molecule has 0 radical (unpaired) electrons. The van der Waals surface area contributed by atoms with Gasteiger partial charge in [-0.2, -0.15) is 0 Å². The van der Waals surface area contributed by atoms with Crippen LogP contribution >= 0.6 is 24.8 Å². The topological polar surface area (TPSA) is 0 Å². The summed E-state index contributed by atoms with van der Waals surface area (Å²) in [5.74, 6) is 1.03. The van der Waals surface area contributed by atoms with Crippen molar-refractivity contribution in [2.24, 2.45) is 5.92 Å². The van der Waals surface area contributed by atoms with Crippen molar-refractivity contribution in [2.75, 3.05) is 0 Å². The predicted octanol–water partition coefficient (Wildman–Crippen LogP) is 13.0. The van der Waals surface area contributed by atoms with Gasteiger partial charge in [0.1, 0.15) is 0 Å². The first-order chi connectivity index (χ1) is 21.9. The van der Waals surface area contributed by atoms with E-state index < -0.39 is 17.4 Å². The van der Waals surface area contributed by atoms with Crippen LogP contribution < -0.4 is 0 Å². The molecule has 0 amide bonds. The molecule has 0 fully saturated rings. The summed E-state index contributed by atoms with van der Waals surface area (Å²) in [6.07, 6.45) is 5.18. The van der Waals surface area contributed by atoms with Crippen LogP contribution in [0.3, 0.4) is 0 Å². The molecule has 2 atom stereocenters. The van der Waals surface area contributed by atoms with Gasteiger partial charge in [-0.25, -0.2) is 0 Å². The van der Waals surface area contributed by atoms with E-state index in [9.17, 15) is 0 Å². The van der Waals surface area contributed by atoms with Gasteiger partial charge in [-0.3, -0.25) is 0 Å². The van der Waals surface area contributed by atoms with Crippen LogP contribution in [-0.4, -0.2) is 6.88 Å². The molecule has 48 heavy (non-hydrogen) atoms. The molecule has 7 rings (SSSR count). The maximum absolute atomic E-state index is 3.72. The Bertz CT molecular complexity index is 2160. The standard InChI is InChI=1S/C22H19.C20H21.2CH3.2ClH.H2Si.Zr/c1-15(2)18-13-17-9-6-12-21(22(17)14-18)20-11-5-8-16-7-3-4-10-19(16)20;1-13(2)16-6-8-17(9-7-16)18-10-5-15(4)19-11-14(3)12-20(18)19;;;;;;/h3-15H,1-2H3;5-13H,1-4H3;2*1H3;2*1H;1H2;. The molecule has 0 saturated carbocycles. The fourth-order valence-electron chi connectivity index (χ4n) is 9.19. The molecule has 0 bridgehead atoms. The monoisotopic (exact) mass is 766 g/mol.